The Kier molecular flexibility index (Phi) is 6.18. The van der Waals surface area contributed by atoms with E-state index in [1.165, 1.54) is 38.2 Å². The molecule has 0 bridgehead atoms. The van der Waals surface area contributed by atoms with Crippen LogP contribution in [0.5, 0.6) is 0 Å². The highest BCUT2D eigenvalue weighted by Gasteiger charge is 2.32. The molecule has 1 aliphatic heterocycles. The molecule has 1 saturated heterocycles. The SMILES string of the molecule is CCCc1cc(C(=O)N2CCN(S(=O)(=O)c3ccccc3C#N)CC2)sc1C. The van der Waals surface area contributed by atoms with Gasteiger partial charge in [0.2, 0.25) is 10.0 Å². The Balaban J connectivity index is 1.71. The van der Waals surface area contributed by atoms with Crippen LogP contribution in [-0.2, 0) is 16.4 Å². The first-order chi connectivity index (χ1) is 13.4. The molecule has 1 aromatic carbocycles. The zero-order valence-corrected chi connectivity index (χ0v) is 17.6. The molecule has 0 aliphatic carbocycles. The minimum absolute atomic E-state index is 0.0235. The second-order valence-corrected chi connectivity index (χ2v) is 9.91. The molecule has 0 radical (unpaired) electrons. The lowest BCUT2D eigenvalue weighted by Gasteiger charge is -2.33. The fourth-order valence-electron chi connectivity index (χ4n) is 3.35. The van der Waals surface area contributed by atoms with Crippen molar-refractivity contribution in [2.75, 3.05) is 26.2 Å². The summed E-state index contributed by atoms with van der Waals surface area (Å²) in [7, 11) is -3.75. The van der Waals surface area contributed by atoms with Crippen molar-refractivity contribution in [3.8, 4) is 6.07 Å². The Morgan fingerprint density at radius 1 is 1.21 bits per heavy atom. The minimum Gasteiger partial charge on any atom is -0.335 e. The molecule has 6 nitrogen and oxygen atoms in total. The summed E-state index contributed by atoms with van der Waals surface area (Å²) >= 11 is 1.51. The Hall–Kier alpha value is -2.21. The van der Waals surface area contributed by atoms with Crippen LogP contribution in [0.25, 0.3) is 0 Å². The van der Waals surface area contributed by atoms with Gasteiger partial charge in [-0.2, -0.15) is 9.57 Å². The van der Waals surface area contributed by atoms with Gasteiger partial charge in [-0.3, -0.25) is 4.79 Å². The zero-order chi connectivity index (χ0) is 20.3. The molecule has 148 valence electrons. The first kappa shape index (κ1) is 20.5. The lowest BCUT2D eigenvalue weighted by Crippen LogP contribution is -2.50. The van der Waals surface area contributed by atoms with Crippen LogP contribution in [-0.4, -0.2) is 49.7 Å². The van der Waals surface area contributed by atoms with Crippen LogP contribution in [0.15, 0.2) is 35.2 Å². The molecule has 0 atom stereocenters. The van der Waals surface area contributed by atoms with Gasteiger partial charge < -0.3 is 4.90 Å². The molecular weight excluding hydrogens is 394 g/mol. The lowest BCUT2D eigenvalue weighted by molar-refractivity contribution is 0.0702. The van der Waals surface area contributed by atoms with Crippen molar-refractivity contribution in [3.05, 3.63) is 51.2 Å². The maximum absolute atomic E-state index is 12.9. The molecule has 0 spiro atoms. The maximum Gasteiger partial charge on any atom is 0.264 e. The number of benzene rings is 1. The average molecular weight is 418 g/mol. The second kappa shape index (κ2) is 8.43. The van der Waals surface area contributed by atoms with Gasteiger partial charge in [0.1, 0.15) is 6.07 Å². The van der Waals surface area contributed by atoms with Gasteiger partial charge in [-0.05, 0) is 37.1 Å². The Morgan fingerprint density at radius 2 is 1.89 bits per heavy atom. The Labute approximate surface area is 170 Å². The summed E-state index contributed by atoms with van der Waals surface area (Å²) in [6.45, 7) is 5.27. The van der Waals surface area contributed by atoms with Crippen LogP contribution in [0.3, 0.4) is 0 Å². The van der Waals surface area contributed by atoms with Gasteiger partial charge in [0, 0.05) is 31.1 Å². The monoisotopic (exact) mass is 417 g/mol. The third-order valence-electron chi connectivity index (χ3n) is 4.90. The van der Waals surface area contributed by atoms with Crippen molar-refractivity contribution in [1.82, 2.24) is 9.21 Å². The van der Waals surface area contributed by atoms with Crippen molar-refractivity contribution in [1.29, 1.82) is 5.26 Å². The van der Waals surface area contributed by atoms with Crippen LogP contribution in [0.2, 0.25) is 0 Å². The van der Waals surface area contributed by atoms with E-state index in [2.05, 4.69) is 6.92 Å². The third kappa shape index (κ3) is 3.97. The highest BCUT2D eigenvalue weighted by Crippen LogP contribution is 2.26. The van der Waals surface area contributed by atoms with Crippen LogP contribution in [0, 0.1) is 18.3 Å². The standard InChI is InChI=1S/C20H23N3O3S2/c1-3-6-16-13-18(27-15(16)2)20(24)22-9-11-23(12-10-22)28(25,26)19-8-5-4-7-17(19)14-21/h4-5,7-8,13H,3,6,9-12H2,1-2H3. The smallest absolute Gasteiger partial charge is 0.264 e. The van der Waals surface area contributed by atoms with E-state index >= 15 is 0 Å². The van der Waals surface area contributed by atoms with Gasteiger partial charge in [0.25, 0.3) is 5.91 Å². The molecule has 3 rings (SSSR count). The van der Waals surface area contributed by atoms with Gasteiger partial charge in [0.15, 0.2) is 0 Å². The molecule has 0 saturated carbocycles. The molecule has 0 N–H and O–H groups in total. The predicted molar refractivity (Wildman–Crippen MR) is 109 cm³/mol. The number of piperazine rings is 1. The quantitative estimate of drug-likeness (QED) is 0.749. The van der Waals surface area contributed by atoms with E-state index in [1.54, 1.807) is 17.0 Å². The molecular formula is C20H23N3O3S2. The van der Waals surface area contributed by atoms with E-state index in [4.69, 9.17) is 0 Å². The van der Waals surface area contributed by atoms with Gasteiger partial charge >= 0.3 is 0 Å². The topological polar surface area (TPSA) is 81.5 Å². The molecule has 2 aromatic rings. The molecule has 1 aromatic heterocycles. The second-order valence-electron chi connectivity index (χ2n) is 6.75. The van der Waals surface area contributed by atoms with Gasteiger partial charge in [-0.25, -0.2) is 8.42 Å². The summed E-state index contributed by atoms with van der Waals surface area (Å²) in [5, 5.41) is 9.20. The van der Waals surface area contributed by atoms with Crippen molar-refractivity contribution >= 4 is 27.3 Å². The van der Waals surface area contributed by atoms with Crippen LogP contribution < -0.4 is 0 Å². The summed E-state index contributed by atoms with van der Waals surface area (Å²) in [6, 6.07) is 10.1. The van der Waals surface area contributed by atoms with Crippen molar-refractivity contribution in [3.63, 3.8) is 0 Å². The maximum atomic E-state index is 12.9. The van der Waals surface area contributed by atoms with Gasteiger partial charge in [0.05, 0.1) is 15.3 Å². The number of hydrogen-bond acceptors (Lipinski definition) is 5. The third-order valence-corrected chi connectivity index (χ3v) is 7.94. The molecule has 8 heteroatoms. The van der Waals surface area contributed by atoms with Crippen LogP contribution in [0.1, 0.15) is 39.0 Å². The summed E-state index contributed by atoms with van der Waals surface area (Å²) < 4.78 is 27.2. The Morgan fingerprint density at radius 3 is 2.54 bits per heavy atom. The minimum atomic E-state index is -3.75. The van der Waals surface area contributed by atoms with Crippen molar-refractivity contribution in [2.24, 2.45) is 0 Å². The number of amides is 1. The van der Waals surface area contributed by atoms with Crippen molar-refractivity contribution in [2.45, 2.75) is 31.6 Å². The lowest BCUT2D eigenvalue weighted by atomic mass is 10.1. The molecule has 1 amide bonds. The fraction of sp³-hybridized carbons (Fsp3) is 0.400. The molecule has 2 heterocycles. The first-order valence-electron chi connectivity index (χ1n) is 9.26. The normalized spacial score (nSPS) is 15.4. The zero-order valence-electron chi connectivity index (χ0n) is 16.0. The van der Waals surface area contributed by atoms with Crippen LogP contribution in [0.4, 0.5) is 0 Å². The largest absolute Gasteiger partial charge is 0.335 e. The van der Waals surface area contributed by atoms with Crippen molar-refractivity contribution < 1.29 is 13.2 Å². The highest BCUT2D eigenvalue weighted by atomic mass is 32.2. The highest BCUT2D eigenvalue weighted by molar-refractivity contribution is 7.89. The number of hydrogen-bond donors (Lipinski definition) is 0. The fourth-order valence-corrected chi connectivity index (χ4v) is 5.96. The van der Waals surface area contributed by atoms with Gasteiger partial charge in [-0.15, -0.1) is 11.3 Å². The number of thiophene rings is 1. The summed E-state index contributed by atoms with van der Waals surface area (Å²) in [4.78, 5) is 16.4. The van der Waals surface area contributed by atoms with E-state index in [9.17, 15) is 18.5 Å². The number of carbonyl (C=O) groups excluding carboxylic acids is 1. The number of sulfonamides is 1. The number of carbonyl (C=O) groups is 1. The van der Waals surface area contributed by atoms with Gasteiger partial charge in [-0.1, -0.05) is 25.5 Å². The molecule has 28 heavy (non-hydrogen) atoms. The first-order valence-corrected chi connectivity index (χ1v) is 11.5. The van der Waals surface area contributed by atoms with E-state index in [0.29, 0.717) is 18.0 Å². The summed E-state index contributed by atoms with van der Waals surface area (Å²) in [6.07, 6.45) is 1.99. The summed E-state index contributed by atoms with van der Waals surface area (Å²) in [5.74, 6) is -0.0371. The number of nitriles is 1. The van der Waals surface area contributed by atoms with E-state index in [1.807, 2.05) is 19.1 Å². The number of aryl methyl sites for hydroxylation is 2. The Bertz CT molecular complexity index is 1010. The predicted octanol–water partition coefficient (Wildman–Crippen LogP) is 3.03. The molecule has 1 fully saturated rings. The van der Waals surface area contributed by atoms with E-state index in [-0.39, 0.29) is 29.5 Å². The average Bonchev–Trinajstić information content (AvgIpc) is 3.08. The van der Waals surface area contributed by atoms with E-state index < -0.39 is 10.0 Å². The number of nitrogens with zero attached hydrogens (tertiary/aromatic N) is 3. The summed E-state index contributed by atoms with van der Waals surface area (Å²) in [5.41, 5.74) is 1.35. The molecule has 0 unspecified atom stereocenters. The molecule has 1 aliphatic rings. The number of rotatable bonds is 5. The van der Waals surface area contributed by atoms with Crippen LogP contribution >= 0.6 is 11.3 Å². The van der Waals surface area contributed by atoms with E-state index in [0.717, 1.165) is 12.8 Å².